The third-order valence-electron chi connectivity index (χ3n) is 5.08. The van der Waals surface area contributed by atoms with Crippen LogP contribution in [0.1, 0.15) is 54.2 Å². The Morgan fingerprint density at radius 3 is 2.48 bits per heavy atom. The van der Waals surface area contributed by atoms with Gasteiger partial charge in [-0.25, -0.2) is 8.42 Å². The largest absolute Gasteiger partial charge is 0.345 e. The summed E-state index contributed by atoms with van der Waals surface area (Å²) in [4.78, 5) is 12.7. The molecule has 0 aromatic heterocycles. The van der Waals surface area contributed by atoms with Gasteiger partial charge in [0.05, 0.1) is 17.5 Å². The number of hydrogen-bond donors (Lipinski definition) is 1. The lowest BCUT2D eigenvalue weighted by Crippen LogP contribution is -2.32. The van der Waals surface area contributed by atoms with Gasteiger partial charge in [-0.3, -0.25) is 9.10 Å². The second kappa shape index (κ2) is 8.13. The molecule has 5 nitrogen and oxygen atoms in total. The molecule has 0 spiro atoms. The van der Waals surface area contributed by atoms with Crippen molar-refractivity contribution >= 4 is 21.6 Å². The Morgan fingerprint density at radius 1 is 1.11 bits per heavy atom. The molecule has 2 aromatic rings. The number of nitrogens with zero attached hydrogens (tertiary/aromatic N) is 1. The second-order valence-electron chi connectivity index (χ2n) is 6.73. The molecule has 27 heavy (non-hydrogen) atoms. The fourth-order valence-corrected chi connectivity index (χ4v) is 4.77. The molecule has 6 heteroatoms. The van der Waals surface area contributed by atoms with Gasteiger partial charge in [-0.1, -0.05) is 24.3 Å². The maximum atomic E-state index is 12.7. The molecule has 0 aliphatic heterocycles. The molecule has 0 saturated heterocycles. The Kier molecular flexibility index (Phi) is 5.85. The zero-order chi connectivity index (χ0) is 19.4. The molecule has 0 unspecified atom stereocenters. The van der Waals surface area contributed by atoms with Crippen molar-refractivity contribution in [3.8, 4) is 0 Å². The highest BCUT2D eigenvalue weighted by Crippen LogP contribution is 2.29. The second-order valence-corrected chi connectivity index (χ2v) is 8.91. The van der Waals surface area contributed by atoms with Gasteiger partial charge in [-0.15, -0.1) is 0 Å². The molecule has 0 saturated carbocycles. The highest BCUT2D eigenvalue weighted by molar-refractivity contribution is 7.92. The minimum Gasteiger partial charge on any atom is -0.345 e. The molecule has 1 atom stereocenters. The van der Waals surface area contributed by atoms with Crippen LogP contribution in [0.25, 0.3) is 0 Å². The van der Waals surface area contributed by atoms with Crippen molar-refractivity contribution in [2.75, 3.05) is 16.6 Å². The van der Waals surface area contributed by atoms with Crippen molar-refractivity contribution in [2.24, 2.45) is 0 Å². The Hall–Kier alpha value is -2.34. The number of aryl methyl sites for hydroxylation is 1. The van der Waals surface area contributed by atoms with Crippen molar-refractivity contribution in [1.82, 2.24) is 5.32 Å². The molecule has 0 heterocycles. The van der Waals surface area contributed by atoms with Crippen molar-refractivity contribution in [3.05, 3.63) is 65.2 Å². The number of rotatable bonds is 6. The first-order valence-electron chi connectivity index (χ1n) is 9.45. The van der Waals surface area contributed by atoms with Gasteiger partial charge < -0.3 is 5.32 Å². The van der Waals surface area contributed by atoms with Crippen LogP contribution in [0.2, 0.25) is 0 Å². The monoisotopic (exact) mass is 386 g/mol. The molecule has 3 rings (SSSR count). The summed E-state index contributed by atoms with van der Waals surface area (Å²) in [5.74, 6) is -0.0888. The van der Waals surface area contributed by atoms with Crippen molar-refractivity contribution in [1.29, 1.82) is 0 Å². The molecule has 1 aliphatic rings. The first-order valence-corrected chi connectivity index (χ1v) is 11.1. The van der Waals surface area contributed by atoms with E-state index in [1.165, 1.54) is 15.4 Å². The van der Waals surface area contributed by atoms with E-state index in [1.54, 1.807) is 38.1 Å². The van der Waals surface area contributed by atoms with E-state index < -0.39 is 10.0 Å². The number of amides is 1. The third kappa shape index (κ3) is 4.16. The van der Waals surface area contributed by atoms with E-state index in [1.807, 2.05) is 12.1 Å². The van der Waals surface area contributed by atoms with Gasteiger partial charge in [0.25, 0.3) is 5.91 Å². The molecule has 2 aromatic carbocycles. The minimum absolute atomic E-state index is 0.0229. The highest BCUT2D eigenvalue weighted by atomic mass is 32.2. The zero-order valence-corrected chi connectivity index (χ0v) is 16.6. The van der Waals surface area contributed by atoms with Crippen LogP contribution >= 0.6 is 0 Å². The summed E-state index contributed by atoms with van der Waals surface area (Å²) in [6.45, 7) is 3.79. The number of nitrogens with one attached hydrogen (secondary N) is 1. The average Bonchev–Trinajstić information content (AvgIpc) is 2.69. The van der Waals surface area contributed by atoms with E-state index in [4.69, 9.17) is 0 Å². The van der Waals surface area contributed by atoms with Gasteiger partial charge in [0, 0.05) is 12.1 Å². The number of benzene rings is 2. The minimum atomic E-state index is -3.32. The Morgan fingerprint density at radius 2 is 1.81 bits per heavy atom. The Balaban J connectivity index is 1.75. The van der Waals surface area contributed by atoms with Crippen LogP contribution in [0.5, 0.6) is 0 Å². The fourth-order valence-electron chi connectivity index (χ4n) is 3.62. The molecule has 0 fully saturated rings. The molecule has 1 aliphatic carbocycles. The van der Waals surface area contributed by atoms with Crippen LogP contribution in [0.4, 0.5) is 5.69 Å². The van der Waals surface area contributed by atoms with Crippen LogP contribution in [0.15, 0.2) is 48.5 Å². The van der Waals surface area contributed by atoms with E-state index >= 15 is 0 Å². The van der Waals surface area contributed by atoms with Crippen LogP contribution in [-0.2, 0) is 16.4 Å². The third-order valence-corrected chi connectivity index (χ3v) is 6.95. The lowest BCUT2D eigenvalue weighted by atomic mass is 9.87. The molecule has 0 radical (unpaired) electrons. The van der Waals surface area contributed by atoms with E-state index in [-0.39, 0.29) is 17.7 Å². The number of carbonyl (C=O) groups excluding carboxylic acids is 1. The quantitative estimate of drug-likeness (QED) is 0.824. The zero-order valence-electron chi connectivity index (χ0n) is 15.8. The standard InChI is InChI=1S/C21H26N2O3S/c1-3-23(27(25,26)4-2)18-14-12-17(13-15-18)21(24)22-20-11-7-9-16-8-5-6-10-19(16)20/h5-6,8,10,12-15,20H,3-4,7,9,11H2,1-2H3,(H,22,24)/t20-/m1/s1. The molecule has 1 N–H and O–H groups in total. The summed E-state index contributed by atoms with van der Waals surface area (Å²) in [5.41, 5.74) is 3.61. The summed E-state index contributed by atoms with van der Waals surface area (Å²) in [7, 11) is -3.32. The normalized spacial score (nSPS) is 16.4. The Labute approximate surface area is 161 Å². The summed E-state index contributed by atoms with van der Waals surface area (Å²) in [5, 5.41) is 3.12. The van der Waals surface area contributed by atoms with Crippen molar-refractivity contribution in [3.63, 3.8) is 0 Å². The van der Waals surface area contributed by atoms with Gasteiger partial charge in [0.1, 0.15) is 0 Å². The molecule has 144 valence electrons. The van der Waals surface area contributed by atoms with Crippen LogP contribution in [-0.4, -0.2) is 26.6 Å². The summed E-state index contributed by atoms with van der Waals surface area (Å²) >= 11 is 0. The van der Waals surface area contributed by atoms with Gasteiger partial charge in [-0.05, 0) is 68.5 Å². The number of fused-ring (bicyclic) bond motifs is 1. The average molecular weight is 387 g/mol. The van der Waals surface area contributed by atoms with Crippen LogP contribution in [0, 0.1) is 0 Å². The predicted molar refractivity (Wildman–Crippen MR) is 109 cm³/mol. The van der Waals surface area contributed by atoms with E-state index in [0.717, 1.165) is 19.3 Å². The van der Waals surface area contributed by atoms with E-state index in [0.29, 0.717) is 17.8 Å². The van der Waals surface area contributed by atoms with E-state index in [9.17, 15) is 13.2 Å². The first kappa shape index (κ1) is 19.4. The topological polar surface area (TPSA) is 66.5 Å². The Bertz CT molecular complexity index is 907. The van der Waals surface area contributed by atoms with E-state index in [2.05, 4.69) is 17.4 Å². The smallest absolute Gasteiger partial charge is 0.251 e. The molecule has 1 amide bonds. The lowest BCUT2D eigenvalue weighted by molar-refractivity contribution is 0.0933. The van der Waals surface area contributed by atoms with Crippen molar-refractivity contribution < 1.29 is 13.2 Å². The maximum absolute atomic E-state index is 12.7. The molecular weight excluding hydrogens is 360 g/mol. The van der Waals surface area contributed by atoms with Gasteiger partial charge in [0.15, 0.2) is 0 Å². The number of anilines is 1. The first-order chi connectivity index (χ1) is 13.0. The number of sulfonamides is 1. The van der Waals surface area contributed by atoms with Crippen LogP contribution in [0.3, 0.4) is 0 Å². The van der Waals surface area contributed by atoms with Crippen molar-refractivity contribution in [2.45, 2.75) is 39.2 Å². The van der Waals surface area contributed by atoms with Gasteiger partial charge in [-0.2, -0.15) is 0 Å². The van der Waals surface area contributed by atoms with Gasteiger partial charge >= 0.3 is 0 Å². The summed E-state index contributed by atoms with van der Waals surface area (Å²) in [6, 6.07) is 15.0. The van der Waals surface area contributed by atoms with Gasteiger partial charge in [0.2, 0.25) is 10.0 Å². The molecule has 0 bridgehead atoms. The van der Waals surface area contributed by atoms with Crippen LogP contribution < -0.4 is 9.62 Å². The fraction of sp³-hybridized carbons (Fsp3) is 0.381. The molecular formula is C21H26N2O3S. The maximum Gasteiger partial charge on any atom is 0.251 e. The summed E-state index contributed by atoms with van der Waals surface area (Å²) < 4.78 is 25.7. The summed E-state index contributed by atoms with van der Waals surface area (Å²) in [6.07, 6.45) is 3.04. The lowest BCUT2D eigenvalue weighted by Gasteiger charge is -2.26. The predicted octanol–water partition coefficient (Wildman–Crippen LogP) is 3.67. The number of hydrogen-bond acceptors (Lipinski definition) is 3. The highest BCUT2D eigenvalue weighted by Gasteiger charge is 2.22. The number of carbonyl (C=O) groups is 1. The SMILES string of the molecule is CCN(c1ccc(C(=O)N[C@@H]2CCCc3ccccc32)cc1)S(=O)(=O)CC.